The Morgan fingerprint density at radius 3 is 2.85 bits per heavy atom. The molecular formula is C20H15ClFN3O. The Morgan fingerprint density at radius 2 is 2.08 bits per heavy atom. The van der Waals surface area contributed by atoms with E-state index in [1.807, 2.05) is 30.3 Å². The van der Waals surface area contributed by atoms with Crippen molar-refractivity contribution in [2.75, 3.05) is 5.32 Å². The van der Waals surface area contributed by atoms with E-state index < -0.39 is 0 Å². The van der Waals surface area contributed by atoms with Crippen LogP contribution in [0.25, 0.3) is 0 Å². The lowest BCUT2D eigenvalue weighted by molar-refractivity contribution is 0.504. The van der Waals surface area contributed by atoms with Crippen molar-refractivity contribution in [3.63, 3.8) is 0 Å². The molecule has 3 aromatic rings. The van der Waals surface area contributed by atoms with E-state index in [0.717, 1.165) is 17.5 Å². The maximum Gasteiger partial charge on any atom is 0.232 e. The number of nitrogens with one attached hydrogen (secondary N) is 1. The van der Waals surface area contributed by atoms with Crippen molar-refractivity contribution in [1.29, 1.82) is 5.26 Å². The normalized spacial score (nSPS) is 18.3. The molecule has 0 radical (unpaired) electrons. The van der Waals surface area contributed by atoms with Crippen LogP contribution in [0, 0.1) is 17.1 Å². The maximum atomic E-state index is 13.4. The molecule has 0 spiro atoms. The van der Waals surface area contributed by atoms with Gasteiger partial charge in [-0.15, -0.1) is 0 Å². The molecule has 26 heavy (non-hydrogen) atoms. The smallest absolute Gasteiger partial charge is 0.232 e. The molecular weight excluding hydrogens is 353 g/mol. The zero-order chi connectivity index (χ0) is 18.1. The molecule has 4 rings (SSSR count). The van der Waals surface area contributed by atoms with Gasteiger partial charge in [-0.05, 0) is 41.7 Å². The second kappa shape index (κ2) is 6.81. The number of hydrogen-bond donors (Lipinski definition) is 1. The maximum absolute atomic E-state index is 13.4. The number of benzene rings is 2. The van der Waals surface area contributed by atoms with Crippen LogP contribution in [0.3, 0.4) is 0 Å². The summed E-state index contributed by atoms with van der Waals surface area (Å²) in [4.78, 5) is 4.31. The first-order chi connectivity index (χ1) is 12.7. The van der Waals surface area contributed by atoms with E-state index in [9.17, 15) is 9.65 Å². The zero-order valence-electron chi connectivity index (χ0n) is 13.7. The van der Waals surface area contributed by atoms with E-state index >= 15 is 0 Å². The van der Waals surface area contributed by atoms with Crippen LogP contribution in [0.1, 0.15) is 41.0 Å². The predicted octanol–water partition coefficient (Wildman–Crippen LogP) is 5.22. The van der Waals surface area contributed by atoms with Crippen molar-refractivity contribution in [3.05, 3.63) is 82.1 Å². The highest BCUT2D eigenvalue weighted by Gasteiger charge is 2.43. The fraction of sp³-hybridized carbons (Fsp3) is 0.200. The van der Waals surface area contributed by atoms with Crippen LogP contribution < -0.4 is 5.32 Å². The summed E-state index contributed by atoms with van der Waals surface area (Å²) in [6, 6.07) is 16.1. The van der Waals surface area contributed by atoms with Crippen molar-refractivity contribution in [2.45, 2.75) is 24.8 Å². The Hall–Kier alpha value is -2.84. The molecule has 0 amide bonds. The molecule has 0 aliphatic heterocycles. The van der Waals surface area contributed by atoms with Gasteiger partial charge in [0.2, 0.25) is 17.5 Å². The highest BCUT2D eigenvalue weighted by Crippen LogP contribution is 2.54. The third kappa shape index (κ3) is 3.29. The molecule has 1 aliphatic carbocycles. The average Bonchev–Trinajstić information content (AvgIpc) is 3.34. The van der Waals surface area contributed by atoms with Crippen molar-refractivity contribution < 1.29 is 8.81 Å². The van der Waals surface area contributed by atoms with E-state index in [1.165, 1.54) is 12.1 Å². The number of halogens is 2. The summed E-state index contributed by atoms with van der Waals surface area (Å²) in [5.74, 6) is 0.845. The van der Waals surface area contributed by atoms with Gasteiger partial charge in [0.1, 0.15) is 11.9 Å². The van der Waals surface area contributed by atoms with E-state index in [0.29, 0.717) is 23.3 Å². The lowest BCUT2D eigenvalue weighted by Gasteiger charge is -2.05. The molecule has 2 aromatic carbocycles. The second-order valence-electron chi connectivity index (χ2n) is 6.29. The van der Waals surface area contributed by atoms with Gasteiger partial charge in [0.25, 0.3) is 0 Å². The van der Waals surface area contributed by atoms with Gasteiger partial charge >= 0.3 is 0 Å². The largest absolute Gasteiger partial charge is 0.424 e. The summed E-state index contributed by atoms with van der Waals surface area (Å²) in [6.07, 6.45) is 0.832. The van der Waals surface area contributed by atoms with Gasteiger partial charge < -0.3 is 9.73 Å². The Kier molecular flexibility index (Phi) is 4.36. The lowest BCUT2D eigenvalue weighted by Crippen LogP contribution is -2.00. The summed E-state index contributed by atoms with van der Waals surface area (Å²) < 4.78 is 19.2. The van der Waals surface area contributed by atoms with Crippen LogP contribution >= 0.6 is 11.6 Å². The minimum atomic E-state index is -0.250. The average molecular weight is 368 g/mol. The lowest BCUT2D eigenvalue weighted by atomic mass is 10.1. The second-order valence-corrected chi connectivity index (χ2v) is 6.70. The summed E-state index contributed by atoms with van der Waals surface area (Å²) in [6.45, 7) is 0.432. The summed E-state index contributed by atoms with van der Waals surface area (Å²) in [7, 11) is 0. The molecule has 2 atom stereocenters. The summed E-state index contributed by atoms with van der Waals surface area (Å²) in [5.41, 5.74) is 2.05. The highest BCUT2D eigenvalue weighted by atomic mass is 35.5. The van der Waals surface area contributed by atoms with Gasteiger partial charge in [-0.2, -0.15) is 5.26 Å². The molecule has 1 aliphatic rings. The van der Waals surface area contributed by atoms with E-state index in [4.69, 9.17) is 16.0 Å². The van der Waals surface area contributed by atoms with E-state index in [1.54, 1.807) is 6.07 Å². The van der Waals surface area contributed by atoms with E-state index in [-0.39, 0.29) is 23.3 Å². The quantitative estimate of drug-likeness (QED) is 0.671. The van der Waals surface area contributed by atoms with Gasteiger partial charge in [0, 0.05) is 17.5 Å². The number of hydrogen-bond acceptors (Lipinski definition) is 4. The number of nitrogens with zero attached hydrogens (tertiary/aromatic N) is 2. The van der Waals surface area contributed by atoms with Gasteiger partial charge in [0.05, 0.1) is 0 Å². The van der Waals surface area contributed by atoms with Crippen molar-refractivity contribution in [2.24, 2.45) is 0 Å². The number of nitriles is 1. The highest BCUT2D eigenvalue weighted by molar-refractivity contribution is 6.31. The van der Waals surface area contributed by atoms with Crippen LogP contribution in [-0.4, -0.2) is 4.98 Å². The first-order valence-electron chi connectivity index (χ1n) is 8.29. The SMILES string of the molecule is N#Cc1nc(C2CC2c2cccc(F)c2)oc1NCc1ccccc1Cl. The Labute approximate surface area is 155 Å². The summed E-state index contributed by atoms with van der Waals surface area (Å²) in [5, 5.41) is 13.1. The van der Waals surface area contributed by atoms with Crippen molar-refractivity contribution >= 4 is 17.5 Å². The molecule has 1 N–H and O–H groups in total. The molecule has 1 saturated carbocycles. The van der Waals surface area contributed by atoms with Crippen molar-refractivity contribution in [3.8, 4) is 6.07 Å². The minimum absolute atomic E-state index is 0.0692. The van der Waals surface area contributed by atoms with Crippen molar-refractivity contribution in [1.82, 2.24) is 4.98 Å². The first kappa shape index (κ1) is 16.6. The molecule has 1 heterocycles. The monoisotopic (exact) mass is 367 g/mol. The number of oxazole rings is 1. The van der Waals surface area contributed by atoms with Crippen LogP contribution in [-0.2, 0) is 6.54 Å². The van der Waals surface area contributed by atoms with Crippen LogP contribution in [0.2, 0.25) is 5.02 Å². The fourth-order valence-corrected chi connectivity index (χ4v) is 3.28. The van der Waals surface area contributed by atoms with Gasteiger partial charge in [0.15, 0.2) is 0 Å². The molecule has 1 fully saturated rings. The Balaban J connectivity index is 1.50. The topological polar surface area (TPSA) is 61.9 Å². The van der Waals surface area contributed by atoms with Gasteiger partial charge in [-0.1, -0.05) is 41.9 Å². The van der Waals surface area contributed by atoms with Crippen LogP contribution in [0.4, 0.5) is 10.3 Å². The number of anilines is 1. The fourth-order valence-electron chi connectivity index (χ4n) is 3.08. The molecule has 0 saturated heterocycles. The predicted molar refractivity (Wildman–Crippen MR) is 96.5 cm³/mol. The molecule has 0 bridgehead atoms. The molecule has 4 nitrogen and oxygen atoms in total. The van der Waals surface area contributed by atoms with Crippen LogP contribution in [0.5, 0.6) is 0 Å². The Bertz CT molecular complexity index is 995. The minimum Gasteiger partial charge on any atom is -0.424 e. The first-order valence-corrected chi connectivity index (χ1v) is 8.67. The van der Waals surface area contributed by atoms with Gasteiger partial charge in [-0.25, -0.2) is 9.37 Å². The van der Waals surface area contributed by atoms with Gasteiger partial charge in [-0.3, -0.25) is 0 Å². The third-order valence-electron chi connectivity index (χ3n) is 4.53. The molecule has 2 unspecified atom stereocenters. The number of aromatic nitrogens is 1. The third-order valence-corrected chi connectivity index (χ3v) is 4.90. The number of rotatable bonds is 5. The molecule has 6 heteroatoms. The Morgan fingerprint density at radius 1 is 1.23 bits per heavy atom. The molecule has 130 valence electrons. The molecule has 1 aromatic heterocycles. The standard InChI is InChI=1S/C20H15ClFN3O/c21-17-7-2-1-4-13(17)11-24-20-18(10-23)25-19(26-20)16-9-15(16)12-5-3-6-14(22)8-12/h1-8,15-16,24H,9,11H2. The summed E-state index contributed by atoms with van der Waals surface area (Å²) >= 11 is 6.15. The zero-order valence-corrected chi connectivity index (χ0v) is 14.5. The van der Waals surface area contributed by atoms with Crippen LogP contribution in [0.15, 0.2) is 52.9 Å². The van der Waals surface area contributed by atoms with E-state index in [2.05, 4.69) is 16.4 Å².